The second-order valence-corrected chi connectivity index (χ2v) is 3.08. The summed E-state index contributed by atoms with van der Waals surface area (Å²) in [7, 11) is 1.56. The molecule has 1 aromatic rings. The molecule has 0 amide bonds. The van der Waals surface area contributed by atoms with Gasteiger partial charge in [0.25, 0.3) is 0 Å². The molecule has 0 fully saturated rings. The zero-order chi connectivity index (χ0) is 10.4. The van der Waals surface area contributed by atoms with Crippen LogP contribution in [-0.2, 0) is 16.0 Å². The molecule has 0 aliphatic heterocycles. The number of carbonyl (C=O) groups is 1. The molecule has 0 aliphatic rings. The van der Waals surface area contributed by atoms with E-state index in [1.54, 1.807) is 19.2 Å². The van der Waals surface area contributed by atoms with Crippen LogP contribution in [0.3, 0.4) is 0 Å². The summed E-state index contributed by atoms with van der Waals surface area (Å²) in [6.07, 6.45) is 0.761. The SMILES string of the molecule is COCCC(=O)Cc1ccc(F)cc1. The Kier molecular flexibility index (Phi) is 4.26. The summed E-state index contributed by atoms with van der Waals surface area (Å²) < 4.78 is 17.3. The summed E-state index contributed by atoms with van der Waals surface area (Å²) in [4.78, 5) is 11.3. The molecule has 0 saturated heterocycles. The van der Waals surface area contributed by atoms with Gasteiger partial charge in [-0.25, -0.2) is 4.39 Å². The number of benzene rings is 1. The lowest BCUT2D eigenvalue weighted by atomic mass is 10.1. The molecular formula is C11H13FO2. The summed E-state index contributed by atoms with van der Waals surface area (Å²) in [5.74, 6) is -0.170. The molecule has 76 valence electrons. The third-order valence-electron chi connectivity index (χ3n) is 1.90. The van der Waals surface area contributed by atoms with Crippen molar-refractivity contribution in [2.75, 3.05) is 13.7 Å². The fourth-order valence-corrected chi connectivity index (χ4v) is 1.13. The number of hydrogen-bond donors (Lipinski definition) is 0. The van der Waals surface area contributed by atoms with Gasteiger partial charge in [-0.05, 0) is 17.7 Å². The van der Waals surface area contributed by atoms with E-state index in [1.165, 1.54) is 12.1 Å². The van der Waals surface area contributed by atoms with Crippen molar-refractivity contribution in [3.8, 4) is 0 Å². The van der Waals surface area contributed by atoms with E-state index in [0.29, 0.717) is 19.4 Å². The lowest BCUT2D eigenvalue weighted by molar-refractivity contribution is -0.119. The molecule has 2 nitrogen and oxygen atoms in total. The summed E-state index contributed by atoms with van der Waals surface area (Å²) in [5.41, 5.74) is 0.840. The Morgan fingerprint density at radius 2 is 2.00 bits per heavy atom. The van der Waals surface area contributed by atoms with Gasteiger partial charge in [-0.3, -0.25) is 4.79 Å². The minimum atomic E-state index is -0.280. The van der Waals surface area contributed by atoms with Crippen LogP contribution in [0.1, 0.15) is 12.0 Å². The maximum Gasteiger partial charge on any atom is 0.139 e. The minimum absolute atomic E-state index is 0.110. The number of hydrogen-bond acceptors (Lipinski definition) is 2. The number of ketones is 1. The molecule has 0 aliphatic carbocycles. The Morgan fingerprint density at radius 3 is 2.57 bits per heavy atom. The Labute approximate surface area is 82.7 Å². The topological polar surface area (TPSA) is 26.3 Å². The summed E-state index contributed by atoms with van der Waals surface area (Å²) in [6, 6.07) is 5.97. The molecule has 0 heterocycles. The molecule has 0 bridgehead atoms. The fraction of sp³-hybridized carbons (Fsp3) is 0.364. The number of halogens is 1. The fourth-order valence-electron chi connectivity index (χ4n) is 1.13. The van der Waals surface area contributed by atoms with Gasteiger partial charge in [-0.15, -0.1) is 0 Å². The third kappa shape index (κ3) is 3.66. The highest BCUT2D eigenvalue weighted by Crippen LogP contribution is 2.04. The molecular weight excluding hydrogens is 183 g/mol. The van der Waals surface area contributed by atoms with Crippen molar-refractivity contribution < 1.29 is 13.9 Å². The summed E-state index contributed by atoms with van der Waals surface area (Å²) >= 11 is 0. The highest BCUT2D eigenvalue weighted by atomic mass is 19.1. The predicted octanol–water partition coefficient (Wildman–Crippen LogP) is 1.97. The van der Waals surface area contributed by atoms with Crippen molar-refractivity contribution in [2.45, 2.75) is 12.8 Å². The number of rotatable bonds is 5. The molecule has 0 aromatic heterocycles. The van der Waals surface area contributed by atoms with Crippen LogP contribution in [0.15, 0.2) is 24.3 Å². The molecule has 0 saturated carbocycles. The smallest absolute Gasteiger partial charge is 0.139 e. The Balaban J connectivity index is 2.44. The number of ether oxygens (including phenoxy) is 1. The van der Waals surface area contributed by atoms with E-state index in [4.69, 9.17) is 4.74 Å². The van der Waals surface area contributed by atoms with E-state index in [0.717, 1.165) is 5.56 Å². The monoisotopic (exact) mass is 196 g/mol. The first-order valence-electron chi connectivity index (χ1n) is 4.47. The number of carbonyl (C=O) groups excluding carboxylic acids is 1. The molecule has 3 heteroatoms. The summed E-state index contributed by atoms with van der Waals surface area (Å²) in [5, 5.41) is 0. The van der Waals surface area contributed by atoms with Crippen LogP contribution >= 0.6 is 0 Å². The van der Waals surface area contributed by atoms with E-state index in [-0.39, 0.29) is 11.6 Å². The van der Waals surface area contributed by atoms with Crippen LogP contribution in [0, 0.1) is 5.82 Å². The van der Waals surface area contributed by atoms with E-state index in [9.17, 15) is 9.18 Å². The molecule has 0 unspecified atom stereocenters. The highest BCUT2D eigenvalue weighted by Gasteiger charge is 2.03. The first-order chi connectivity index (χ1) is 6.72. The average molecular weight is 196 g/mol. The second-order valence-electron chi connectivity index (χ2n) is 3.08. The van der Waals surface area contributed by atoms with Crippen LogP contribution in [0.4, 0.5) is 4.39 Å². The van der Waals surface area contributed by atoms with Gasteiger partial charge in [-0.1, -0.05) is 12.1 Å². The van der Waals surface area contributed by atoms with Crippen LogP contribution < -0.4 is 0 Å². The first-order valence-corrected chi connectivity index (χ1v) is 4.47. The zero-order valence-corrected chi connectivity index (χ0v) is 8.13. The van der Waals surface area contributed by atoms with Crippen LogP contribution in [0.25, 0.3) is 0 Å². The minimum Gasteiger partial charge on any atom is -0.384 e. The molecule has 0 atom stereocenters. The Hall–Kier alpha value is -1.22. The van der Waals surface area contributed by atoms with Crippen molar-refractivity contribution in [3.63, 3.8) is 0 Å². The van der Waals surface area contributed by atoms with Crippen molar-refractivity contribution >= 4 is 5.78 Å². The van der Waals surface area contributed by atoms with E-state index in [2.05, 4.69) is 0 Å². The van der Waals surface area contributed by atoms with Crippen molar-refractivity contribution in [1.82, 2.24) is 0 Å². The molecule has 0 N–H and O–H groups in total. The lowest BCUT2D eigenvalue weighted by Gasteiger charge is -2.00. The van der Waals surface area contributed by atoms with E-state index >= 15 is 0 Å². The van der Waals surface area contributed by atoms with Crippen molar-refractivity contribution in [1.29, 1.82) is 0 Å². The largest absolute Gasteiger partial charge is 0.384 e. The molecule has 0 radical (unpaired) electrons. The van der Waals surface area contributed by atoms with Gasteiger partial charge in [0.05, 0.1) is 6.61 Å². The van der Waals surface area contributed by atoms with Gasteiger partial charge in [-0.2, -0.15) is 0 Å². The van der Waals surface area contributed by atoms with Crippen molar-refractivity contribution in [2.24, 2.45) is 0 Å². The van der Waals surface area contributed by atoms with Gasteiger partial charge in [0, 0.05) is 20.0 Å². The van der Waals surface area contributed by atoms with Crippen molar-refractivity contribution in [3.05, 3.63) is 35.6 Å². The van der Waals surface area contributed by atoms with Gasteiger partial charge in [0.15, 0.2) is 0 Å². The van der Waals surface area contributed by atoms with Crippen LogP contribution in [-0.4, -0.2) is 19.5 Å². The molecule has 1 aromatic carbocycles. The van der Waals surface area contributed by atoms with Gasteiger partial charge < -0.3 is 4.74 Å². The van der Waals surface area contributed by atoms with Crippen LogP contribution in [0.5, 0.6) is 0 Å². The highest BCUT2D eigenvalue weighted by molar-refractivity contribution is 5.80. The van der Waals surface area contributed by atoms with Gasteiger partial charge in [0.1, 0.15) is 11.6 Å². The molecule has 1 rings (SSSR count). The number of Topliss-reactive ketones (excluding diaryl/α,β-unsaturated/α-hetero) is 1. The second kappa shape index (κ2) is 5.50. The number of methoxy groups -OCH3 is 1. The first kappa shape index (κ1) is 10.9. The van der Waals surface area contributed by atoms with Gasteiger partial charge >= 0.3 is 0 Å². The average Bonchev–Trinajstić information content (AvgIpc) is 2.18. The summed E-state index contributed by atoms with van der Waals surface area (Å²) in [6.45, 7) is 0.444. The third-order valence-corrected chi connectivity index (χ3v) is 1.90. The Bertz CT molecular complexity index is 293. The van der Waals surface area contributed by atoms with Gasteiger partial charge in [0.2, 0.25) is 0 Å². The normalized spacial score (nSPS) is 10.1. The Morgan fingerprint density at radius 1 is 1.36 bits per heavy atom. The quantitative estimate of drug-likeness (QED) is 0.719. The standard InChI is InChI=1S/C11H13FO2/c1-14-7-6-11(13)8-9-2-4-10(12)5-3-9/h2-5H,6-8H2,1H3. The van der Waals surface area contributed by atoms with E-state index < -0.39 is 0 Å². The lowest BCUT2D eigenvalue weighted by Crippen LogP contribution is -2.05. The zero-order valence-electron chi connectivity index (χ0n) is 8.13. The van der Waals surface area contributed by atoms with Crippen LogP contribution in [0.2, 0.25) is 0 Å². The molecule has 0 spiro atoms. The predicted molar refractivity (Wildman–Crippen MR) is 51.6 cm³/mol. The maximum atomic E-state index is 12.5. The molecule has 14 heavy (non-hydrogen) atoms. The van der Waals surface area contributed by atoms with E-state index in [1.807, 2.05) is 0 Å². The maximum absolute atomic E-state index is 12.5.